The van der Waals surface area contributed by atoms with Crippen molar-refractivity contribution in [3.05, 3.63) is 23.8 Å². The second kappa shape index (κ2) is 6.33. The smallest absolute Gasteiger partial charge is 0.243 e. The summed E-state index contributed by atoms with van der Waals surface area (Å²) in [5.41, 5.74) is 2.15. The number of benzene rings is 1. The van der Waals surface area contributed by atoms with Gasteiger partial charge in [-0.3, -0.25) is 9.69 Å². The molecule has 0 aromatic heterocycles. The van der Waals surface area contributed by atoms with Crippen molar-refractivity contribution in [3.8, 4) is 11.5 Å². The molecule has 3 saturated heterocycles. The number of hydrazone groups is 1. The van der Waals surface area contributed by atoms with Crippen LogP contribution < -0.4 is 9.47 Å². The summed E-state index contributed by atoms with van der Waals surface area (Å²) in [4.78, 5) is 15.1. The molecule has 25 heavy (non-hydrogen) atoms. The summed E-state index contributed by atoms with van der Waals surface area (Å²) < 4.78 is 11.1. The predicted molar refractivity (Wildman–Crippen MR) is 94.9 cm³/mol. The zero-order chi connectivity index (χ0) is 17.6. The van der Waals surface area contributed by atoms with Gasteiger partial charge in [-0.15, -0.1) is 0 Å². The van der Waals surface area contributed by atoms with Crippen molar-refractivity contribution in [3.63, 3.8) is 0 Å². The van der Waals surface area contributed by atoms with E-state index >= 15 is 0 Å². The van der Waals surface area contributed by atoms with Gasteiger partial charge < -0.3 is 9.47 Å². The fourth-order valence-electron chi connectivity index (χ4n) is 4.54. The number of methoxy groups -OCH3 is 2. The number of amides is 1. The van der Waals surface area contributed by atoms with Gasteiger partial charge in [0.15, 0.2) is 11.5 Å². The highest BCUT2D eigenvalue weighted by molar-refractivity contribution is 5.97. The highest BCUT2D eigenvalue weighted by Crippen LogP contribution is 2.47. The number of nitrogens with zero attached hydrogens (tertiary/aromatic N) is 3. The normalized spacial score (nSPS) is 30.0. The van der Waals surface area contributed by atoms with Crippen LogP contribution in [0.5, 0.6) is 11.5 Å². The predicted octanol–water partition coefficient (Wildman–Crippen LogP) is 2.45. The van der Waals surface area contributed by atoms with Gasteiger partial charge in [0.2, 0.25) is 5.91 Å². The van der Waals surface area contributed by atoms with Crippen LogP contribution >= 0.6 is 0 Å². The monoisotopic (exact) mass is 343 g/mol. The first-order chi connectivity index (χ1) is 12.2. The Morgan fingerprint density at radius 3 is 2.60 bits per heavy atom. The second-order valence-electron chi connectivity index (χ2n) is 6.90. The summed E-state index contributed by atoms with van der Waals surface area (Å²) in [6.45, 7) is 4.04. The van der Waals surface area contributed by atoms with E-state index in [0.29, 0.717) is 23.8 Å². The van der Waals surface area contributed by atoms with Crippen molar-refractivity contribution in [2.45, 2.75) is 38.3 Å². The van der Waals surface area contributed by atoms with Crippen molar-refractivity contribution in [1.82, 2.24) is 9.91 Å². The number of piperidine rings is 3. The molecule has 4 heterocycles. The number of para-hydroxylation sites is 1. The molecule has 0 spiro atoms. The third-order valence-corrected chi connectivity index (χ3v) is 5.74. The minimum absolute atomic E-state index is 0.0531. The van der Waals surface area contributed by atoms with Crippen LogP contribution in [0.3, 0.4) is 0 Å². The molecule has 0 radical (unpaired) electrons. The van der Waals surface area contributed by atoms with Gasteiger partial charge in [0.25, 0.3) is 0 Å². The molecule has 4 aliphatic rings. The van der Waals surface area contributed by atoms with Crippen LogP contribution in [0.4, 0.5) is 0 Å². The Hall–Kier alpha value is -2.08. The molecule has 0 saturated carbocycles. The molecule has 1 aromatic rings. The zero-order valence-corrected chi connectivity index (χ0v) is 15.1. The van der Waals surface area contributed by atoms with E-state index in [1.807, 2.05) is 25.1 Å². The molecule has 3 fully saturated rings. The molecule has 2 atom stereocenters. The van der Waals surface area contributed by atoms with Crippen LogP contribution in [-0.4, -0.2) is 54.9 Å². The van der Waals surface area contributed by atoms with Gasteiger partial charge in [-0.25, -0.2) is 5.01 Å². The maximum Gasteiger partial charge on any atom is 0.243 e. The van der Waals surface area contributed by atoms with Crippen LogP contribution in [0.25, 0.3) is 0 Å². The summed E-state index contributed by atoms with van der Waals surface area (Å²) in [7, 11) is 3.29. The number of ether oxygens (including phenoxy) is 2. The van der Waals surface area contributed by atoms with Gasteiger partial charge in [-0.05, 0) is 32.0 Å². The maximum absolute atomic E-state index is 12.7. The molecular formula is C19H25N3O3. The van der Waals surface area contributed by atoms with Gasteiger partial charge in [-0.2, -0.15) is 5.10 Å². The Bertz CT molecular complexity index is 710. The standard InChI is InChI=1S/C19H25N3O3/c1-4-15(23)22-17(13-6-5-7-14(24-2)19(13)25-3)18-16(20-22)12-8-10-21(18)11-9-12/h5-7,12,17-18H,4,8-11H2,1-3H3/t17-,18-/m0/s1. The van der Waals surface area contributed by atoms with E-state index in [0.717, 1.165) is 31.5 Å². The van der Waals surface area contributed by atoms with Gasteiger partial charge in [-0.1, -0.05) is 19.1 Å². The minimum Gasteiger partial charge on any atom is -0.493 e. The number of hydrogen-bond acceptors (Lipinski definition) is 5. The Morgan fingerprint density at radius 2 is 1.96 bits per heavy atom. The lowest BCUT2D eigenvalue weighted by Crippen LogP contribution is -2.56. The van der Waals surface area contributed by atoms with Crippen molar-refractivity contribution in [2.24, 2.45) is 11.0 Å². The lowest BCUT2D eigenvalue weighted by molar-refractivity contribution is -0.133. The van der Waals surface area contributed by atoms with Crippen molar-refractivity contribution < 1.29 is 14.3 Å². The van der Waals surface area contributed by atoms with Crippen LogP contribution in [0, 0.1) is 5.92 Å². The van der Waals surface area contributed by atoms with Gasteiger partial charge in [0.1, 0.15) is 6.04 Å². The first-order valence-corrected chi connectivity index (χ1v) is 9.05. The van der Waals surface area contributed by atoms with E-state index in [1.165, 1.54) is 5.71 Å². The Balaban J connectivity index is 1.83. The Morgan fingerprint density at radius 1 is 1.20 bits per heavy atom. The minimum atomic E-state index is -0.143. The summed E-state index contributed by atoms with van der Waals surface area (Å²) in [5, 5.41) is 6.52. The molecule has 1 aromatic carbocycles. The fourth-order valence-corrected chi connectivity index (χ4v) is 4.54. The van der Waals surface area contributed by atoms with E-state index < -0.39 is 0 Å². The summed E-state index contributed by atoms with van der Waals surface area (Å²) in [6, 6.07) is 5.89. The van der Waals surface area contributed by atoms with Crippen LogP contribution in [0.1, 0.15) is 37.8 Å². The quantitative estimate of drug-likeness (QED) is 0.843. The molecule has 2 bridgehead atoms. The molecule has 6 nitrogen and oxygen atoms in total. The van der Waals surface area contributed by atoms with Crippen molar-refractivity contribution >= 4 is 11.6 Å². The average molecular weight is 343 g/mol. The molecule has 5 rings (SSSR count). The lowest BCUT2D eigenvalue weighted by atomic mass is 9.78. The highest BCUT2D eigenvalue weighted by Gasteiger charge is 2.51. The molecule has 0 aliphatic carbocycles. The third kappa shape index (κ3) is 2.42. The first-order valence-electron chi connectivity index (χ1n) is 9.05. The highest BCUT2D eigenvalue weighted by atomic mass is 16.5. The molecule has 4 aliphatic heterocycles. The van der Waals surface area contributed by atoms with E-state index in [2.05, 4.69) is 4.90 Å². The molecule has 134 valence electrons. The molecule has 0 unspecified atom stereocenters. The number of fused-ring (bicyclic) bond motifs is 2. The van der Waals surface area contributed by atoms with Gasteiger partial charge in [0, 0.05) is 17.9 Å². The SMILES string of the molecule is CCC(=O)N1N=C2C3CCN(CC3)[C@@H]2[C@@H]1c1cccc(OC)c1OC. The van der Waals surface area contributed by atoms with Crippen LogP contribution in [-0.2, 0) is 4.79 Å². The van der Waals surface area contributed by atoms with E-state index in [-0.39, 0.29) is 18.0 Å². The summed E-state index contributed by atoms with van der Waals surface area (Å²) in [6.07, 6.45) is 2.73. The largest absolute Gasteiger partial charge is 0.493 e. The molecular weight excluding hydrogens is 318 g/mol. The van der Waals surface area contributed by atoms with Crippen LogP contribution in [0.15, 0.2) is 23.3 Å². The average Bonchev–Trinajstić information content (AvgIpc) is 3.10. The van der Waals surface area contributed by atoms with Crippen LogP contribution in [0.2, 0.25) is 0 Å². The zero-order valence-electron chi connectivity index (χ0n) is 15.1. The summed E-state index contributed by atoms with van der Waals surface area (Å²) >= 11 is 0. The topological polar surface area (TPSA) is 54.4 Å². The number of carbonyl (C=O) groups excluding carboxylic acids is 1. The lowest BCUT2D eigenvalue weighted by Gasteiger charge is -2.46. The van der Waals surface area contributed by atoms with E-state index in [9.17, 15) is 4.79 Å². The second-order valence-corrected chi connectivity index (χ2v) is 6.90. The molecule has 6 heteroatoms. The third-order valence-electron chi connectivity index (χ3n) is 5.74. The van der Waals surface area contributed by atoms with E-state index in [4.69, 9.17) is 14.6 Å². The van der Waals surface area contributed by atoms with Crippen molar-refractivity contribution in [2.75, 3.05) is 27.3 Å². The Kier molecular flexibility index (Phi) is 4.15. The first kappa shape index (κ1) is 16.4. The van der Waals surface area contributed by atoms with Crippen molar-refractivity contribution in [1.29, 1.82) is 0 Å². The number of carbonyl (C=O) groups is 1. The molecule has 1 amide bonds. The maximum atomic E-state index is 12.7. The van der Waals surface area contributed by atoms with Gasteiger partial charge >= 0.3 is 0 Å². The number of rotatable bonds is 4. The Labute approximate surface area is 148 Å². The molecule has 0 N–H and O–H groups in total. The van der Waals surface area contributed by atoms with E-state index in [1.54, 1.807) is 19.2 Å². The number of hydrogen-bond donors (Lipinski definition) is 0. The van der Waals surface area contributed by atoms with Gasteiger partial charge in [0.05, 0.1) is 26.0 Å². The summed E-state index contributed by atoms with van der Waals surface area (Å²) in [5.74, 6) is 1.94. The fraction of sp³-hybridized carbons (Fsp3) is 0.579.